The van der Waals surface area contributed by atoms with Crippen molar-refractivity contribution in [3.63, 3.8) is 0 Å². The zero-order valence-electron chi connectivity index (χ0n) is 15.7. The van der Waals surface area contributed by atoms with Crippen molar-refractivity contribution in [1.29, 1.82) is 0 Å². The highest BCUT2D eigenvalue weighted by Crippen LogP contribution is 2.36. The highest BCUT2D eigenvalue weighted by atomic mass is 19.1. The molecule has 29 heavy (non-hydrogen) atoms. The van der Waals surface area contributed by atoms with Crippen molar-refractivity contribution in [2.75, 3.05) is 12.3 Å². The molecule has 0 amide bonds. The summed E-state index contributed by atoms with van der Waals surface area (Å²) in [5.41, 5.74) is 5.31. The van der Waals surface area contributed by atoms with E-state index in [1.54, 1.807) is 0 Å². The van der Waals surface area contributed by atoms with Crippen molar-refractivity contribution < 1.29 is 37.7 Å². The fourth-order valence-corrected chi connectivity index (χ4v) is 3.00. The number of ether oxygens (including phenoxy) is 4. The van der Waals surface area contributed by atoms with Gasteiger partial charge in [0, 0.05) is 20.8 Å². The van der Waals surface area contributed by atoms with Crippen LogP contribution in [0.3, 0.4) is 0 Å². The van der Waals surface area contributed by atoms with Gasteiger partial charge in [0.15, 0.2) is 29.6 Å². The molecule has 1 saturated heterocycles. The number of hydrogen-bond acceptors (Lipinski definition) is 11. The molecule has 0 saturated carbocycles. The van der Waals surface area contributed by atoms with Crippen LogP contribution in [0.4, 0.5) is 10.3 Å². The minimum absolute atomic E-state index is 0.0214. The molecule has 2 aromatic heterocycles. The van der Waals surface area contributed by atoms with Gasteiger partial charge >= 0.3 is 17.9 Å². The number of fused-ring (bicyclic) bond motifs is 1. The van der Waals surface area contributed by atoms with Gasteiger partial charge in [-0.05, 0) is 0 Å². The van der Waals surface area contributed by atoms with Crippen LogP contribution in [0.15, 0.2) is 6.33 Å². The summed E-state index contributed by atoms with van der Waals surface area (Å²) in [4.78, 5) is 45.7. The van der Waals surface area contributed by atoms with Gasteiger partial charge in [0.05, 0.1) is 6.33 Å². The van der Waals surface area contributed by atoms with Crippen molar-refractivity contribution in [1.82, 2.24) is 19.5 Å². The lowest BCUT2D eigenvalue weighted by atomic mass is 10.1. The van der Waals surface area contributed by atoms with Gasteiger partial charge in [-0.2, -0.15) is 14.4 Å². The van der Waals surface area contributed by atoms with Crippen LogP contribution in [0.25, 0.3) is 11.2 Å². The van der Waals surface area contributed by atoms with E-state index in [2.05, 4.69) is 15.0 Å². The van der Waals surface area contributed by atoms with Crippen LogP contribution < -0.4 is 5.73 Å². The maximum absolute atomic E-state index is 14.0. The average molecular weight is 411 g/mol. The largest absolute Gasteiger partial charge is 0.463 e. The molecule has 4 unspecified atom stereocenters. The molecule has 12 nitrogen and oxygen atoms in total. The second-order valence-electron chi connectivity index (χ2n) is 6.21. The van der Waals surface area contributed by atoms with Crippen molar-refractivity contribution in [3.05, 3.63) is 12.3 Å². The number of nitrogen functional groups attached to an aromatic ring is 1. The number of nitrogens with zero attached hydrogens (tertiary/aromatic N) is 4. The smallest absolute Gasteiger partial charge is 0.303 e. The van der Waals surface area contributed by atoms with E-state index in [-0.39, 0.29) is 23.7 Å². The predicted octanol–water partition coefficient (Wildman–Crippen LogP) is -0.128. The van der Waals surface area contributed by atoms with Crippen LogP contribution in [-0.4, -0.2) is 62.3 Å². The summed E-state index contributed by atoms with van der Waals surface area (Å²) in [5, 5.41) is 0. The van der Waals surface area contributed by atoms with E-state index in [4.69, 9.17) is 24.7 Å². The normalized spacial score (nSPS) is 23.7. The van der Waals surface area contributed by atoms with E-state index in [1.165, 1.54) is 17.8 Å². The zero-order valence-corrected chi connectivity index (χ0v) is 15.7. The molecule has 1 fully saturated rings. The van der Waals surface area contributed by atoms with Crippen LogP contribution in [0.2, 0.25) is 0 Å². The van der Waals surface area contributed by atoms with Crippen molar-refractivity contribution >= 4 is 35.0 Å². The molecule has 2 aromatic rings. The first-order chi connectivity index (χ1) is 13.7. The number of carbonyl (C=O) groups excluding carboxylic acids is 3. The topological polar surface area (TPSA) is 158 Å². The van der Waals surface area contributed by atoms with Gasteiger partial charge < -0.3 is 24.7 Å². The molecule has 3 heterocycles. The number of nitrogens with two attached hydrogens (primary N) is 1. The molecule has 2 N–H and O–H groups in total. The van der Waals surface area contributed by atoms with E-state index < -0.39 is 48.4 Å². The number of hydrogen-bond donors (Lipinski definition) is 1. The zero-order chi connectivity index (χ0) is 21.3. The second kappa shape index (κ2) is 7.95. The Kier molecular flexibility index (Phi) is 5.59. The summed E-state index contributed by atoms with van der Waals surface area (Å²) in [5.74, 6) is -3.22. The summed E-state index contributed by atoms with van der Waals surface area (Å²) in [7, 11) is 0. The quantitative estimate of drug-likeness (QED) is 0.397. The van der Waals surface area contributed by atoms with Gasteiger partial charge in [-0.3, -0.25) is 19.0 Å². The molecule has 13 heteroatoms. The standard InChI is InChI=1S/C16H18FN5O7/c1-6(23)26-4-9-11(27-7(2)24)12(28-8(3)25)15(29-9)22-5-19-10-13(17)20-16(18)21-14(10)22/h5,9,11-12,15H,4H2,1-3H3,(H2,18,20,21). The number of rotatable bonds is 5. The lowest BCUT2D eigenvalue weighted by molar-refractivity contribution is -0.166. The number of halogens is 1. The summed E-state index contributed by atoms with van der Waals surface area (Å²) >= 11 is 0. The second-order valence-corrected chi connectivity index (χ2v) is 6.21. The molecule has 1 aliphatic heterocycles. The molecule has 0 radical (unpaired) electrons. The number of carbonyl (C=O) groups is 3. The Morgan fingerprint density at radius 3 is 2.41 bits per heavy atom. The summed E-state index contributed by atoms with van der Waals surface area (Å²) in [6.07, 6.45) is -3.17. The number of imidazole rings is 1. The van der Waals surface area contributed by atoms with Crippen LogP contribution in [0.5, 0.6) is 0 Å². The molecule has 3 rings (SSSR count). The van der Waals surface area contributed by atoms with Crippen LogP contribution in [-0.2, 0) is 33.3 Å². The molecule has 0 spiro atoms. The summed E-state index contributed by atoms with van der Waals surface area (Å²) < 4.78 is 36.7. The minimum Gasteiger partial charge on any atom is -0.463 e. The minimum atomic E-state index is -1.16. The summed E-state index contributed by atoms with van der Waals surface area (Å²) in [6, 6.07) is 0. The Bertz CT molecular complexity index is 965. The van der Waals surface area contributed by atoms with E-state index >= 15 is 0 Å². The highest BCUT2D eigenvalue weighted by Gasteiger charge is 2.51. The Hall–Kier alpha value is -3.35. The first-order valence-electron chi connectivity index (χ1n) is 8.46. The van der Waals surface area contributed by atoms with Crippen molar-refractivity contribution in [2.24, 2.45) is 0 Å². The maximum atomic E-state index is 14.0. The Morgan fingerprint density at radius 2 is 1.79 bits per heavy atom. The lowest BCUT2D eigenvalue weighted by Crippen LogP contribution is -2.40. The van der Waals surface area contributed by atoms with Gasteiger partial charge in [0.1, 0.15) is 12.7 Å². The van der Waals surface area contributed by atoms with Crippen molar-refractivity contribution in [3.8, 4) is 0 Å². The van der Waals surface area contributed by atoms with E-state index in [0.29, 0.717) is 0 Å². The van der Waals surface area contributed by atoms with Crippen molar-refractivity contribution in [2.45, 2.75) is 45.3 Å². The highest BCUT2D eigenvalue weighted by molar-refractivity contribution is 5.72. The van der Waals surface area contributed by atoms with E-state index in [1.807, 2.05) is 0 Å². The molecular formula is C16H18FN5O7. The molecule has 4 atom stereocenters. The molecule has 156 valence electrons. The van der Waals surface area contributed by atoms with Gasteiger partial charge in [0.25, 0.3) is 0 Å². The van der Waals surface area contributed by atoms with E-state index in [0.717, 1.165) is 13.8 Å². The monoisotopic (exact) mass is 411 g/mol. The predicted molar refractivity (Wildman–Crippen MR) is 91.3 cm³/mol. The fraction of sp³-hybridized carbons (Fsp3) is 0.500. The third-order valence-electron chi connectivity index (χ3n) is 4.01. The van der Waals surface area contributed by atoms with Gasteiger partial charge in [0.2, 0.25) is 11.9 Å². The van der Waals surface area contributed by atoms with Gasteiger partial charge in [-0.1, -0.05) is 0 Å². The molecule has 0 aromatic carbocycles. The third kappa shape index (κ3) is 4.23. The van der Waals surface area contributed by atoms with Gasteiger partial charge in [-0.25, -0.2) is 4.98 Å². The summed E-state index contributed by atoms with van der Waals surface area (Å²) in [6.45, 7) is 3.24. The molecular weight excluding hydrogens is 393 g/mol. The van der Waals surface area contributed by atoms with E-state index in [9.17, 15) is 18.8 Å². The van der Waals surface area contributed by atoms with Crippen LogP contribution >= 0.6 is 0 Å². The first-order valence-corrected chi connectivity index (χ1v) is 8.46. The number of anilines is 1. The fourth-order valence-electron chi connectivity index (χ4n) is 3.00. The molecule has 0 bridgehead atoms. The first kappa shape index (κ1) is 20.4. The van der Waals surface area contributed by atoms with Gasteiger partial charge in [-0.15, -0.1) is 0 Å². The SMILES string of the molecule is CC(=O)OCC1OC(n2cnc3c(F)nc(N)nc32)C(OC(C)=O)C1OC(C)=O. The molecule has 0 aliphatic carbocycles. The Labute approximate surface area is 163 Å². The maximum Gasteiger partial charge on any atom is 0.303 e. The lowest BCUT2D eigenvalue weighted by Gasteiger charge is -2.23. The number of aromatic nitrogens is 4. The molecule has 1 aliphatic rings. The third-order valence-corrected chi connectivity index (χ3v) is 4.01. The number of esters is 3. The Balaban J connectivity index is 2.04. The average Bonchev–Trinajstić information content (AvgIpc) is 3.15. The Morgan fingerprint density at radius 1 is 1.14 bits per heavy atom. The van der Waals surface area contributed by atoms with Crippen LogP contribution in [0.1, 0.15) is 27.0 Å². The van der Waals surface area contributed by atoms with Crippen LogP contribution in [0, 0.1) is 5.95 Å².